The van der Waals surface area contributed by atoms with Gasteiger partial charge in [-0.25, -0.2) is 4.98 Å². The summed E-state index contributed by atoms with van der Waals surface area (Å²) < 4.78 is 12.7. The first-order chi connectivity index (χ1) is 13.1. The van der Waals surface area contributed by atoms with E-state index in [1.165, 1.54) is 0 Å². The van der Waals surface area contributed by atoms with Crippen molar-refractivity contribution in [3.63, 3.8) is 0 Å². The van der Waals surface area contributed by atoms with E-state index in [4.69, 9.17) is 9.47 Å². The molecule has 0 saturated heterocycles. The molecule has 142 valence electrons. The van der Waals surface area contributed by atoms with Crippen LogP contribution < -0.4 is 14.8 Å². The lowest BCUT2D eigenvalue weighted by Crippen LogP contribution is -2.27. The smallest absolute Gasteiger partial charge is 0.220 e. The molecule has 1 amide bonds. The summed E-state index contributed by atoms with van der Waals surface area (Å²) in [5.41, 5.74) is 3.03. The maximum absolute atomic E-state index is 12.2. The average Bonchev–Trinajstić information content (AvgIpc) is 3.01. The van der Waals surface area contributed by atoms with Crippen LogP contribution in [0.2, 0.25) is 0 Å². The summed E-state index contributed by atoms with van der Waals surface area (Å²) in [6.45, 7) is 3.24. The van der Waals surface area contributed by atoms with Crippen LogP contribution in [0, 0.1) is 6.92 Å². The van der Waals surface area contributed by atoms with Gasteiger partial charge in [0, 0.05) is 19.5 Å². The fourth-order valence-electron chi connectivity index (χ4n) is 3.20. The average molecular weight is 367 g/mol. The third kappa shape index (κ3) is 4.39. The van der Waals surface area contributed by atoms with Crippen LogP contribution in [0.15, 0.2) is 42.5 Å². The summed E-state index contributed by atoms with van der Waals surface area (Å²) in [6.07, 6.45) is 0.992. The SMILES string of the molecule is COc1ccc(OC)c(CCC(=O)NCCn2c(C)nc3ccccc32)c1. The Balaban J connectivity index is 1.54. The molecule has 3 aromatic rings. The number of para-hydroxylation sites is 2. The summed E-state index contributed by atoms with van der Waals surface area (Å²) in [6, 6.07) is 13.6. The Kier molecular flexibility index (Phi) is 5.96. The number of benzene rings is 2. The molecule has 0 atom stereocenters. The van der Waals surface area contributed by atoms with Crippen molar-refractivity contribution >= 4 is 16.9 Å². The number of hydrogen-bond acceptors (Lipinski definition) is 4. The highest BCUT2D eigenvalue weighted by Crippen LogP contribution is 2.25. The van der Waals surface area contributed by atoms with E-state index in [9.17, 15) is 4.79 Å². The zero-order chi connectivity index (χ0) is 19.2. The Hall–Kier alpha value is -3.02. The molecule has 0 unspecified atom stereocenters. The first kappa shape index (κ1) is 18.8. The second kappa shape index (κ2) is 8.58. The van der Waals surface area contributed by atoms with Gasteiger partial charge in [0.1, 0.15) is 17.3 Å². The molecule has 1 N–H and O–H groups in total. The first-order valence-corrected chi connectivity index (χ1v) is 9.02. The Morgan fingerprint density at radius 2 is 1.96 bits per heavy atom. The minimum Gasteiger partial charge on any atom is -0.497 e. The largest absolute Gasteiger partial charge is 0.497 e. The van der Waals surface area contributed by atoms with Gasteiger partial charge in [-0.15, -0.1) is 0 Å². The number of hydrogen-bond donors (Lipinski definition) is 1. The second-order valence-electron chi connectivity index (χ2n) is 6.33. The standard InChI is InChI=1S/C21H25N3O3/c1-15-23-18-6-4-5-7-19(18)24(15)13-12-22-21(25)11-8-16-14-17(26-2)9-10-20(16)27-3/h4-7,9-10,14H,8,11-13H2,1-3H3,(H,22,25). The minimum atomic E-state index is 0.0157. The van der Waals surface area contributed by atoms with Gasteiger partial charge in [0.25, 0.3) is 0 Å². The molecular weight excluding hydrogens is 342 g/mol. The van der Waals surface area contributed by atoms with Crippen LogP contribution in [0.5, 0.6) is 11.5 Å². The van der Waals surface area contributed by atoms with E-state index in [0.717, 1.165) is 33.9 Å². The maximum Gasteiger partial charge on any atom is 0.220 e. The van der Waals surface area contributed by atoms with Crippen LogP contribution in [0.25, 0.3) is 11.0 Å². The Morgan fingerprint density at radius 3 is 2.74 bits per heavy atom. The fourth-order valence-corrected chi connectivity index (χ4v) is 3.20. The van der Waals surface area contributed by atoms with E-state index in [1.807, 2.05) is 49.4 Å². The number of amides is 1. The van der Waals surface area contributed by atoms with Crippen molar-refractivity contribution in [2.24, 2.45) is 0 Å². The molecule has 0 spiro atoms. The van der Waals surface area contributed by atoms with E-state index in [2.05, 4.69) is 14.9 Å². The second-order valence-corrected chi connectivity index (χ2v) is 6.33. The van der Waals surface area contributed by atoms with Gasteiger partial charge in [0.15, 0.2) is 0 Å². The molecule has 6 heteroatoms. The van der Waals surface area contributed by atoms with Crippen molar-refractivity contribution in [1.82, 2.24) is 14.9 Å². The molecule has 0 radical (unpaired) electrons. The predicted molar refractivity (Wildman–Crippen MR) is 105 cm³/mol. The van der Waals surface area contributed by atoms with Crippen LogP contribution in [-0.2, 0) is 17.8 Å². The highest BCUT2D eigenvalue weighted by molar-refractivity contribution is 5.77. The number of nitrogens with one attached hydrogen (secondary N) is 1. The predicted octanol–water partition coefficient (Wildman–Crippen LogP) is 3.11. The lowest BCUT2D eigenvalue weighted by molar-refractivity contribution is -0.121. The molecule has 0 bridgehead atoms. The molecule has 0 saturated carbocycles. The number of fused-ring (bicyclic) bond motifs is 1. The zero-order valence-corrected chi connectivity index (χ0v) is 16.0. The molecule has 6 nitrogen and oxygen atoms in total. The van der Waals surface area contributed by atoms with Gasteiger partial charge in [0.05, 0.1) is 25.3 Å². The molecule has 0 aliphatic carbocycles. The highest BCUT2D eigenvalue weighted by atomic mass is 16.5. The summed E-state index contributed by atoms with van der Waals surface area (Å²) in [7, 11) is 3.25. The van der Waals surface area contributed by atoms with E-state index in [0.29, 0.717) is 25.9 Å². The lowest BCUT2D eigenvalue weighted by atomic mass is 10.1. The zero-order valence-electron chi connectivity index (χ0n) is 16.0. The number of imidazole rings is 1. The van der Waals surface area contributed by atoms with Crippen molar-refractivity contribution < 1.29 is 14.3 Å². The Labute approximate surface area is 159 Å². The van der Waals surface area contributed by atoms with Crippen molar-refractivity contribution in [2.45, 2.75) is 26.3 Å². The van der Waals surface area contributed by atoms with Crippen LogP contribution >= 0.6 is 0 Å². The summed E-state index contributed by atoms with van der Waals surface area (Å²) in [5.74, 6) is 2.49. The summed E-state index contributed by atoms with van der Waals surface area (Å²) in [5, 5.41) is 2.99. The monoisotopic (exact) mass is 367 g/mol. The Morgan fingerprint density at radius 1 is 1.15 bits per heavy atom. The van der Waals surface area contributed by atoms with Gasteiger partial charge < -0.3 is 19.4 Å². The molecule has 27 heavy (non-hydrogen) atoms. The number of aryl methyl sites for hydroxylation is 2. The molecule has 3 rings (SSSR count). The minimum absolute atomic E-state index is 0.0157. The van der Waals surface area contributed by atoms with Gasteiger partial charge in [-0.05, 0) is 49.2 Å². The van der Waals surface area contributed by atoms with Crippen LogP contribution in [0.1, 0.15) is 17.8 Å². The van der Waals surface area contributed by atoms with Crippen molar-refractivity contribution in [3.8, 4) is 11.5 Å². The van der Waals surface area contributed by atoms with Crippen LogP contribution in [0.4, 0.5) is 0 Å². The number of nitrogens with zero attached hydrogens (tertiary/aromatic N) is 2. The van der Waals surface area contributed by atoms with Crippen LogP contribution in [-0.4, -0.2) is 36.2 Å². The quantitative estimate of drug-likeness (QED) is 0.664. The third-order valence-electron chi connectivity index (χ3n) is 4.61. The van der Waals surface area contributed by atoms with Gasteiger partial charge in [-0.3, -0.25) is 4.79 Å². The fraction of sp³-hybridized carbons (Fsp3) is 0.333. The molecule has 1 aromatic heterocycles. The lowest BCUT2D eigenvalue weighted by Gasteiger charge is -2.11. The summed E-state index contributed by atoms with van der Waals surface area (Å²) in [4.78, 5) is 16.8. The molecule has 0 aliphatic heterocycles. The molecule has 0 aliphatic rings. The number of rotatable bonds is 8. The number of carbonyl (C=O) groups excluding carboxylic acids is 1. The van der Waals surface area contributed by atoms with Gasteiger partial charge in [-0.2, -0.15) is 0 Å². The summed E-state index contributed by atoms with van der Waals surface area (Å²) >= 11 is 0. The first-order valence-electron chi connectivity index (χ1n) is 9.02. The Bertz CT molecular complexity index is 934. The molecule has 2 aromatic carbocycles. The maximum atomic E-state index is 12.2. The number of aromatic nitrogens is 2. The van der Waals surface area contributed by atoms with Crippen LogP contribution in [0.3, 0.4) is 0 Å². The van der Waals surface area contributed by atoms with Crippen molar-refractivity contribution in [2.75, 3.05) is 20.8 Å². The van der Waals surface area contributed by atoms with Gasteiger partial charge in [0.2, 0.25) is 5.91 Å². The highest BCUT2D eigenvalue weighted by Gasteiger charge is 2.10. The molecular formula is C21H25N3O3. The van der Waals surface area contributed by atoms with E-state index >= 15 is 0 Å². The van der Waals surface area contributed by atoms with Gasteiger partial charge in [-0.1, -0.05) is 12.1 Å². The number of methoxy groups -OCH3 is 2. The van der Waals surface area contributed by atoms with E-state index in [-0.39, 0.29) is 5.91 Å². The normalized spacial score (nSPS) is 10.8. The number of carbonyl (C=O) groups is 1. The molecule has 0 fully saturated rings. The van der Waals surface area contributed by atoms with E-state index in [1.54, 1.807) is 14.2 Å². The van der Waals surface area contributed by atoms with Crippen molar-refractivity contribution in [1.29, 1.82) is 0 Å². The van der Waals surface area contributed by atoms with Crippen molar-refractivity contribution in [3.05, 3.63) is 53.9 Å². The molecule has 1 heterocycles. The van der Waals surface area contributed by atoms with Gasteiger partial charge >= 0.3 is 0 Å². The number of ether oxygens (including phenoxy) is 2. The topological polar surface area (TPSA) is 65.4 Å². The van der Waals surface area contributed by atoms with E-state index < -0.39 is 0 Å². The third-order valence-corrected chi connectivity index (χ3v) is 4.61.